The van der Waals surface area contributed by atoms with Gasteiger partial charge in [0.1, 0.15) is 5.82 Å². The molecule has 2 rings (SSSR count). The van der Waals surface area contributed by atoms with Crippen LogP contribution < -0.4 is 5.32 Å². The summed E-state index contributed by atoms with van der Waals surface area (Å²) in [5.74, 6) is 1.68. The van der Waals surface area contributed by atoms with Gasteiger partial charge in [0.2, 0.25) is 0 Å². The molecule has 3 heteroatoms. The summed E-state index contributed by atoms with van der Waals surface area (Å²) in [5.41, 5.74) is 5.53. The van der Waals surface area contributed by atoms with Gasteiger partial charge in [0.05, 0.1) is 0 Å². The zero-order valence-corrected chi connectivity index (χ0v) is 13.9. The van der Waals surface area contributed by atoms with Gasteiger partial charge in [-0.25, -0.2) is 4.98 Å². The third kappa shape index (κ3) is 4.18. The van der Waals surface area contributed by atoms with Crippen molar-refractivity contribution < 1.29 is 0 Å². The number of rotatable bonds is 6. The molecule has 0 aliphatic rings. The van der Waals surface area contributed by atoms with Crippen LogP contribution in [0, 0.1) is 33.6 Å². The molecule has 0 saturated carbocycles. The molecule has 0 aliphatic carbocycles. The van der Waals surface area contributed by atoms with E-state index in [-0.39, 0.29) is 0 Å². The number of hydrogen-bond donors (Lipinski definition) is 1. The first-order valence-electron chi connectivity index (χ1n) is 7.72. The summed E-state index contributed by atoms with van der Waals surface area (Å²) < 4.78 is 2.22. The van der Waals surface area contributed by atoms with Crippen molar-refractivity contribution in [2.75, 3.05) is 6.54 Å². The van der Waals surface area contributed by atoms with Crippen LogP contribution in [0.5, 0.6) is 0 Å². The van der Waals surface area contributed by atoms with Crippen molar-refractivity contribution in [3.63, 3.8) is 0 Å². The van der Waals surface area contributed by atoms with Gasteiger partial charge in [0.25, 0.3) is 0 Å². The van der Waals surface area contributed by atoms with E-state index in [2.05, 4.69) is 67.8 Å². The van der Waals surface area contributed by atoms with E-state index in [4.69, 9.17) is 0 Å². The summed E-state index contributed by atoms with van der Waals surface area (Å²) in [6, 6.07) is 4.59. The van der Waals surface area contributed by atoms with Crippen LogP contribution in [0.15, 0.2) is 24.5 Å². The highest BCUT2D eigenvalue weighted by Crippen LogP contribution is 2.15. The topological polar surface area (TPSA) is 29.9 Å². The molecule has 1 N–H and O–H groups in total. The highest BCUT2D eigenvalue weighted by molar-refractivity contribution is 5.36. The van der Waals surface area contributed by atoms with E-state index in [1.54, 1.807) is 0 Å². The number of benzene rings is 1. The number of nitrogens with one attached hydrogen (secondary N) is 1. The summed E-state index contributed by atoms with van der Waals surface area (Å²) in [5, 5.41) is 3.59. The second-order valence-electron chi connectivity index (χ2n) is 6.23. The maximum Gasteiger partial charge on any atom is 0.105 e. The lowest BCUT2D eigenvalue weighted by molar-refractivity contribution is 0.440. The predicted molar refractivity (Wildman–Crippen MR) is 88.5 cm³/mol. The quantitative estimate of drug-likeness (QED) is 0.879. The standard InChI is InChI=1S/C18H27N3/c1-13(12-21-7-6-20-17(21)5)10-19-11-18-9-15(3)14(2)8-16(18)4/h6-9,13,19H,10-12H2,1-5H3. The molecule has 1 unspecified atom stereocenters. The summed E-state index contributed by atoms with van der Waals surface area (Å²) in [6.07, 6.45) is 3.92. The second-order valence-corrected chi connectivity index (χ2v) is 6.23. The largest absolute Gasteiger partial charge is 0.335 e. The Hall–Kier alpha value is -1.61. The highest BCUT2D eigenvalue weighted by Gasteiger charge is 2.06. The van der Waals surface area contributed by atoms with Crippen molar-refractivity contribution in [1.29, 1.82) is 0 Å². The number of imidazole rings is 1. The Morgan fingerprint density at radius 3 is 2.48 bits per heavy atom. The van der Waals surface area contributed by atoms with Gasteiger partial charge in [-0.05, 0) is 62.4 Å². The fourth-order valence-electron chi connectivity index (χ4n) is 2.66. The molecule has 1 atom stereocenters. The van der Waals surface area contributed by atoms with Crippen molar-refractivity contribution in [2.45, 2.75) is 47.7 Å². The van der Waals surface area contributed by atoms with E-state index < -0.39 is 0 Å². The lowest BCUT2D eigenvalue weighted by Gasteiger charge is -2.16. The lowest BCUT2D eigenvalue weighted by Crippen LogP contribution is -2.24. The molecule has 0 fully saturated rings. The molecule has 1 aromatic carbocycles. The van der Waals surface area contributed by atoms with Crippen LogP contribution in [0.2, 0.25) is 0 Å². The average molecular weight is 285 g/mol. The summed E-state index contributed by atoms with van der Waals surface area (Å²) in [6.45, 7) is 13.9. The van der Waals surface area contributed by atoms with Crippen molar-refractivity contribution >= 4 is 0 Å². The van der Waals surface area contributed by atoms with Gasteiger partial charge in [-0.1, -0.05) is 19.1 Å². The van der Waals surface area contributed by atoms with Crippen LogP contribution in [0.1, 0.15) is 35.0 Å². The minimum absolute atomic E-state index is 0.588. The van der Waals surface area contributed by atoms with Crippen LogP contribution in [0.4, 0.5) is 0 Å². The van der Waals surface area contributed by atoms with Crippen molar-refractivity contribution in [3.8, 4) is 0 Å². The van der Waals surface area contributed by atoms with Gasteiger partial charge in [0.15, 0.2) is 0 Å². The smallest absolute Gasteiger partial charge is 0.105 e. The van der Waals surface area contributed by atoms with E-state index in [0.717, 1.165) is 25.5 Å². The van der Waals surface area contributed by atoms with E-state index in [1.165, 1.54) is 22.3 Å². The van der Waals surface area contributed by atoms with Gasteiger partial charge in [-0.15, -0.1) is 0 Å². The minimum Gasteiger partial charge on any atom is -0.335 e. The Bertz CT molecular complexity index is 599. The third-order valence-electron chi connectivity index (χ3n) is 4.19. The van der Waals surface area contributed by atoms with E-state index in [0.29, 0.717) is 5.92 Å². The predicted octanol–water partition coefficient (Wildman–Crippen LogP) is 3.54. The van der Waals surface area contributed by atoms with E-state index in [9.17, 15) is 0 Å². The maximum absolute atomic E-state index is 4.27. The number of aromatic nitrogens is 2. The Balaban J connectivity index is 1.84. The first kappa shape index (κ1) is 15.8. The van der Waals surface area contributed by atoms with Crippen LogP contribution in [-0.2, 0) is 13.1 Å². The van der Waals surface area contributed by atoms with Gasteiger partial charge < -0.3 is 9.88 Å². The number of hydrogen-bond acceptors (Lipinski definition) is 2. The molecule has 0 spiro atoms. The zero-order valence-electron chi connectivity index (χ0n) is 13.9. The molecule has 1 aromatic heterocycles. The molecule has 0 aliphatic heterocycles. The van der Waals surface area contributed by atoms with E-state index >= 15 is 0 Å². The normalized spacial score (nSPS) is 12.6. The molecule has 2 aromatic rings. The molecule has 0 radical (unpaired) electrons. The van der Waals surface area contributed by atoms with Gasteiger partial charge >= 0.3 is 0 Å². The zero-order chi connectivity index (χ0) is 15.4. The first-order valence-corrected chi connectivity index (χ1v) is 7.72. The monoisotopic (exact) mass is 285 g/mol. The highest BCUT2D eigenvalue weighted by atomic mass is 15.1. The first-order chi connectivity index (χ1) is 9.97. The molecule has 114 valence electrons. The van der Waals surface area contributed by atoms with Crippen molar-refractivity contribution in [2.24, 2.45) is 5.92 Å². The summed E-state index contributed by atoms with van der Waals surface area (Å²) in [4.78, 5) is 4.27. The van der Waals surface area contributed by atoms with Crippen LogP contribution >= 0.6 is 0 Å². The SMILES string of the molecule is Cc1cc(C)c(CNCC(C)Cn2ccnc2C)cc1C. The molecule has 21 heavy (non-hydrogen) atoms. The molecular formula is C18H27N3. The Morgan fingerprint density at radius 2 is 1.81 bits per heavy atom. The molecule has 0 amide bonds. The molecule has 0 bridgehead atoms. The lowest BCUT2D eigenvalue weighted by atomic mass is 10.0. The molecule has 1 heterocycles. The van der Waals surface area contributed by atoms with Crippen molar-refractivity contribution in [1.82, 2.24) is 14.9 Å². The molecule has 3 nitrogen and oxygen atoms in total. The average Bonchev–Trinajstić information content (AvgIpc) is 2.81. The maximum atomic E-state index is 4.27. The van der Waals surface area contributed by atoms with Crippen LogP contribution in [0.3, 0.4) is 0 Å². The van der Waals surface area contributed by atoms with Gasteiger partial charge in [-0.2, -0.15) is 0 Å². The Morgan fingerprint density at radius 1 is 1.10 bits per heavy atom. The summed E-state index contributed by atoms with van der Waals surface area (Å²) in [7, 11) is 0. The van der Waals surface area contributed by atoms with Crippen molar-refractivity contribution in [3.05, 3.63) is 52.6 Å². The summed E-state index contributed by atoms with van der Waals surface area (Å²) >= 11 is 0. The van der Waals surface area contributed by atoms with Gasteiger partial charge in [-0.3, -0.25) is 0 Å². The fraction of sp³-hybridized carbons (Fsp3) is 0.500. The second kappa shape index (κ2) is 6.90. The number of nitrogens with zero attached hydrogens (tertiary/aromatic N) is 2. The van der Waals surface area contributed by atoms with E-state index in [1.807, 2.05) is 6.20 Å². The fourth-order valence-corrected chi connectivity index (χ4v) is 2.66. The van der Waals surface area contributed by atoms with Crippen LogP contribution in [0.25, 0.3) is 0 Å². The Labute approximate surface area is 128 Å². The molecular weight excluding hydrogens is 258 g/mol. The number of aryl methyl sites for hydroxylation is 4. The minimum atomic E-state index is 0.588. The molecule has 0 saturated heterocycles. The van der Waals surface area contributed by atoms with Crippen LogP contribution in [-0.4, -0.2) is 16.1 Å². The van der Waals surface area contributed by atoms with Gasteiger partial charge in [0, 0.05) is 25.5 Å². The third-order valence-corrected chi connectivity index (χ3v) is 4.19. The Kier molecular flexibility index (Phi) is 5.18.